The summed E-state index contributed by atoms with van der Waals surface area (Å²) in [4.78, 5) is 27.4. The van der Waals surface area contributed by atoms with Crippen LogP contribution >= 0.6 is 23.1 Å². The lowest BCUT2D eigenvalue weighted by Crippen LogP contribution is -2.15. The number of aryl methyl sites for hydroxylation is 1. The number of rotatable bonds is 6. The summed E-state index contributed by atoms with van der Waals surface area (Å²) in [5.41, 5.74) is 2.18. The maximum atomic E-state index is 12.6. The minimum absolute atomic E-state index is 0.198. The summed E-state index contributed by atoms with van der Waals surface area (Å²) >= 11 is 3.26. The molecule has 1 N–H and O–H groups in total. The molecule has 0 aliphatic heterocycles. The third kappa shape index (κ3) is 4.13. The van der Waals surface area contributed by atoms with Gasteiger partial charge in [-0.05, 0) is 56.0 Å². The molecule has 0 atom stereocenters. The summed E-state index contributed by atoms with van der Waals surface area (Å²) in [5, 5.41) is 4.03. The second-order valence-corrected chi connectivity index (χ2v) is 9.18. The highest BCUT2D eigenvalue weighted by atomic mass is 32.2. The van der Waals surface area contributed by atoms with Crippen LogP contribution in [0.5, 0.6) is 0 Å². The number of amides is 1. The number of hydrogen-bond acceptors (Lipinski definition) is 5. The Bertz CT molecular complexity index is 809. The van der Waals surface area contributed by atoms with E-state index in [2.05, 4.69) is 19.2 Å². The number of esters is 1. The van der Waals surface area contributed by atoms with Gasteiger partial charge in [0.05, 0.1) is 12.2 Å². The number of anilines is 1. The normalized spacial score (nSPS) is 12.9. The number of carbonyl (C=O) groups is 2. The lowest BCUT2D eigenvalue weighted by molar-refractivity contribution is 0.0527. The van der Waals surface area contributed by atoms with E-state index in [1.807, 2.05) is 24.3 Å². The third-order valence-corrected chi connectivity index (χ3v) is 6.34. The van der Waals surface area contributed by atoms with Crippen molar-refractivity contribution in [1.82, 2.24) is 0 Å². The van der Waals surface area contributed by atoms with E-state index in [4.69, 9.17) is 4.74 Å². The molecule has 6 heteroatoms. The molecule has 0 bridgehead atoms. The fraction of sp³-hybridized carbons (Fsp3) is 0.400. The fourth-order valence-electron chi connectivity index (χ4n) is 3.04. The quantitative estimate of drug-likeness (QED) is 0.547. The van der Waals surface area contributed by atoms with Gasteiger partial charge in [0.2, 0.25) is 0 Å². The van der Waals surface area contributed by atoms with E-state index in [-0.39, 0.29) is 11.9 Å². The molecule has 1 aromatic carbocycles. The summed E-state index contributed by atoms with van der Waals surface area (Å²) in [5.74, 6) is -0.539. The highest BCUT2D eigenvalue weighted by Gasteiger charge is 2.28. The number of nitrogens with one attached hydrogen (secondary N) is 1. The van der Waals surface area contributed by atoms with Crippen molar-refractivity contribution in [3.05, 3.63) is 45.8 Å². The van der Waals surface area contributed by atoms with Crippen LogP contribution in [-0.4, -0.2) is 23.7 Å². The van der Waals surface area contributed by atoms with E-state index in [0.29, 0.717) is 28.0 Å². The molecule has 0 unspecified atom stereocenters. The van der Waals surface area contributed by atoms with Gasteiger partial charge in [-0.3, -0.25) is 4.79 Å². The zero-order chi connectivity index (χ0) is 18.7. The highest BCUT2D eigenvalue weighted by Crippen LogP contribution is 2.39. The van der Waals surface area contributed by atoms with Crippen molar-refractivity contribution in [1.29, 1.82) is 0 Å². The van der Waals surface area contributed by atoms with Crippen LogP contribution in [-0.2, 0) is 17.6 Å². The zero-order valence-electron chi connectivity index (χ0n) is 15.3. The first-order chi connectivity index (χ1) is 12.5. The summed E-state index contributed by atoms with van der Waals surface area (Å²) in [6.45, 7) is 6.39. The topological polar surface area (TPSA) is 55.4 Å². The van der Waals surface area contributed by atoms with Crippen LogP contribution in [0.4, 0.5) is 5.00 Å². The highest BCUT2D eigenvalue weighted by molar-refractivity contribution is 7.99. The minimum atomic E-state index is -0.342. The molecule has 26 heavy (non-hydrogen) atoms. The number of fused-ring (bicyclic) bond motifs is 1. The van der Waals surface area contributed by atoms with Gasteiger partial charge in [-0.2, -0.15) is 0 Å². The Labute approximate surface area is 162 Å². The average Bonchev–Trinajstić information content (AvgIpc) is 3.15. The molecule has 0 radical (unpaired) electrons. The minimum Gasteiger partial charge on any atom is -0.462 e. The van der Waals surface area contributed by atoms with Crippen molar-refractivity contribution in [2.45, 2.75) is 50.2 Å². The molecule has 138 valence electrons. The molecule has 4 nitrogen and oxygen atoms in total. The van der Waals surface area contributed by atoms with E-state index < -0.39 is 0 Å². The van der Waals surface area contributed by atoms with Crippen molar-refractivity contribution in [3.8, 4) is 0 Å². The Morgan fingerprint density at radius 3 is 2.62 bits per heavy atom. The van der Waals surface area contributed by atoms with Gasteiger partial charge in [0.1, 0.15) is 5.00 Å². The van der Waals surface area contributed by atoms with E-state index in [9.17, 15) is 9.59 Å². The molecule has 0 spiro atoms. The maximum Gasteiger partial charge on any atom is 0.341 e. The molecule has 0 saturated carbocycles. The zero-order valence-corrected chi connectivity index (χ0v) is 16.9. The van der Waals surface area contributed by atoms with Crippen LogP contribution in [0.15, 0.2) is 29.2 Å². The number of benzene rings is 1. The van der Waals surface area contributed by atoms with E-state index in [0.717, 1.165) is 29.7 Å². The summed E-state index contributed by atoms with van der Waals surface area (Å²) in [7, 11) is 0. The van der Waals surface area contributed by atoms with E-state index >= 15 is 0 Å². The van der Waals surface area contributed by atoms with Crippen LogP contribution in [0.3, 0.4) is 0 Å². The molecule has 1 heterocycles. The summed E-state index contributed by atoms with van der Waals surface area (Å²) < 4.78 is 5.21. The summed E-state index contributed by atoms with van der Waals surface area (Å²) in [6, 6.07) is 7.57. The molecular formula is C20H23NO3S2. The second kappa shape index (κ2) is 8.27. The van der Waals surface area contributed by atoms with Crippen LogP contribution < -0.4 is 5.32 Å². The van der Waals surface area contributed by atoms with E-state index in [1.54, 1.807) is 18.7 Å². The van der Waals surface area contributed by atoms with Crippen LogP contribution in [0.2, 0.25) is 0 Å². The predicted molar refractivity (Wildman–Crippen MR) is 108 cm³/mol. The van der Waals surface area contributed by atoms with Gasteiger partial charge < -0.3 is 10.1 Å². The van der Waals surface area contributed by atoms with Crippen LogP contribution in [0.25, 0.3) is 0 Å². The Balaban J connectivity index is 1.80. The summed E-state index contributed by atoms with van der Waals surface area (Å²) in [6.07, 6.45) is 2.89. The molecule has 1 aliphatic rings. The molecule has 3 rings (SSSR count). The first kappa shape index (κ1) is 19.0. The molecular weight excluding hydrogens is 366 g/mol. The average molecular weight is 390 g/mol. The Morgan fingerprint density at radius 1 is 1.23 bits per heavy atom. The van der Waals surface area contributed by atoms with Gasteiger partial charge in [-0.15, -0.1) is 23.1 Å². The van der Waals surface area contributed by atoms with Crippen LogP contribution in [0, 0.1) is 0 Å². The first-order valence-electron chi connectivity index (χ1n) is 8.89. The van der Waals surface area contributed by atoms with Gasteiger partial charge in [0.15, 0.2) is 0 Å². The fourth-order valence-corrected chi connectivity index (χ4v) is 5.15. The van der Waals surface area contributed by atoms with Crippen molar-refractivity contribution >= 4 is 40.0 Å². The Hall–Kier alpha value is -1.79. The van der Waals surface area contributed by atoms with Gasteiger partial charge in [-0.25, -0.2) is 4.79 Å². The number of hydrogen-bond donors (Lipinski definition) is 1. The monoisotopic (exact) mass is 389 g/mol. The second-order valence-electron chi connectivity index (χ2n) is 6.43. The molecule has 0 fully saturated rings. The Kier molecular flexibility index (Phi) is 6.04. The molecule has 1 aliphatic carbocycles. The lowest BCUT2D eigenvalue weighted by Gasteiger charge is -2.09. The SMILES string of the molecule is CCOC(=O)c1c(NC(=O)c2ccc(SC(C)C)cc2)sc2c1CCC2. The van der Waals surface area contributed by atoms with Gasteiger partial charge in [0, 0.05) is 20.6 Å². The van der Waals surface area contributed by atoms with Crippen molar-refractivity contribution in [3.63, 3.8) is 0 Å². The number of ether oxygens (including phenoxy) is 1. The maximum absolute atomic E-state index is 12.6. The lowest BCUT2D eigenvalue weighted by atomic mass is 10.1. The van der Waals surface area contributed by atoms with Crippen LogP contribution in [0.1, 0.15) is 58.3 Å². The predicted octanol–water partition coefficient (Wildman–Crippen LogP) is 5.17. The largest absolute Gasteiger partial charge is 0.462 e. The first-order valence-corrected chi connectivity index (χ1v) is 10.6. The third-order valence-electron chi connectivity index (χ3n) is 4.12. The van der Waals surface area contributed by atoms with Gasteiger partial charge in [0.25, 0.3) is 5.91 Å². The molecule has 1 aromatic heterocycles. The molecule has 1 amide bonds. The van der Waals surface area contributed by atoms with Crippen molar-refractivity contribution in [2.24, 2.45) is 0 Å². The van der Waals surface area contributed by atoms with Gasteiger partial charge >= 0.3 is 5.97 Å². The van der Waals surface area contributed by atoms with E-state index in [1.165, 1.54) is 16.2 Å². The number of carbonyl (C=O) groups excluding carboxylic acids is 2. The molecule has 2 aromatic rings. The van der Waals surface area contributed by atoms with Gasteiger partial charge in [-0.1, -0.05) is 13.8 Å². The number of thioether (sulfide) groups is 1. The van der Waals surface area contributed by atoms with Crippen molar-refractivity contribution in [2.75, 3.05) is 11.9 Å². The Morgan fingerprint density at radius 2 is 1.96 bits per heavy atom. The molecule has 0 saturated heterocycles. The van der Waals surface area contributed by atoms with Crippen molar-refractivity contribution < 1.29 is 14.3 Å². The smallest absolute Gasteiger partial charge is 0.341 e. The number of thiophene rings is 1. The standard InChI is InChI=1S/C20H23NO3S2/c1-4-24-20(23)17-15-6-5-7-16(15)26-19(17)21-18(22)13-8-10-14(11-9-13)25-12(2)3/h8-12H,4-7H2,1-3H3,(H,21,22).